The molecule has 0 unspecified atom stereocenters. The molecule has 0 atom stereocenters. The van der Waals surface area contributed by atoms with E-state index in [0.717, 1.165) is 40.1 Å². The van der Waals surface area contributed by atoms with Gasteiger partial charge in [-0.05, 0) is 81.9 Å². The van der Waals surface area contributed by atoms with Crippen LogP contribution in [0.2, 0.25) is 0 Å². The topological polar surface area (TPSA) is 0 Å². The largest absolute Gasteiger partial charge is 0.0605 e. The average molecular weight is 648 g/mol. The van der Waals surface area contributed by atoms with Crippen molar-refractivity contribution >= 4 is 74.9 Å². The van der Waals surface area contributed by atoms with E-state index in [1.807, 2.05) is 0 Å². The second-order valence-corrected chi connectivity index (χ2v) is 10.5. The molecule has 0 fully saturated rings. The van der Waals surface area contributed by atoms with Crippen LogP contribution >= 0.6 is 63.7 Å². The molecule has 4 aromatic carbocycles. The lowest BCUT2D eigenvalue weighted by Gasteiger charge is -2.19. The normalized spacial score (nSPS) is 10.7. The smallest absolute Gasteiger partial charge is 0.0181 e. The summed E-state index contributed by atoms with van der Waals surface area (Å²) in [5.74, 6) is 0. The molecule has 0 amide bonds. The molecule has 4 heteroatoms. The third-order valence-corrected chi connectivity index (χ3v) is 6.68. The fraction of sp³-hybridized carbons (Fsp3) is 0. The summed E-state index contributed by atoms with van der Waals surface area (Å²) in [5, 5.41) is 0. The van der Waals surface area contributed by atoms with Gasteiger partial charge in [0, 0.05) is 17.9 Å². The van der Waals surface area contributed by atoms with Crippen LogP contribution < -0.4 is 0 Å². The van der Waals surface area contributed by atoms with Crippen molar-refractivity contribution in [2.45, 2.75) is 0 Å². The highest BCUT2D eigenvalue weighted by Gasteiger charge is 2.17. The fourth-order valence-corrected chi connectivity index (χ4v) is 5.08. The van der Waals surface area contributed by atoms with E-state index in [0.29, 0.717) is 0 Å². The molecule has 0 saturated carbocycles. The molecule has 0 aromatic heterocycles. The molecular weight excluding hydrogens is 632 g/mol. The third-order valence-electron chi connectivity index (χ3n) is 4.70. The molecule has 0 nitrogen and oxygen atoms in total. The van der Waals surface area contributed by atoms with Crippen molar-refractivity contribution < 1.29 is 0 Å². The molecule has 0 aliphatic rings. The molecule has 0 aliphatic heterocycles. The van der Waals surface area contributed by atoms with Crippen LogP contribution in [0.1, 0.15) is 22.3 Å². The summed E-state index contributed by atoms with van der Waals surface area (Å²) < 4.78 is 4.20. The molecule has 4 aromatic rings. The lowest BCUT2D eigenvalue weighted by Crippen LogP contribution is -1.98. The van der Waals surface area contributed by atoms with Crippen molar-refractivity contribution in [2.75, 3.05) is 0 Å². The molecule has 0 saturated heterocycles. The van der Waals surface area contributed by atoms with Crippen molar-refractivity contribution in [1.82, 2.24) is 0 Å². The number of hydrogen-bond donors (Lipinski definition) is 0. The van der Waals surface area contributed by atoms with E-state index >= 15 is 0 Å². The minimum absolute atomic E-state index is 1.05. The van der Waals surface area contributed by atoms with Gasteiger partial charge in [0.05, 0.1) is 0 Å². The van der Waals surface area contributed by atoms with Gasteiger partial charge in [-0.15, -0.1) is 0 Å². The molecule has 0 N–H and O–H groups in total. The Hall–Kier alpha value is -1.46. The summed E-state index contributed by atoms with van der Waals surface area (Å²) in [6.07, 6.45) is 0. The molecule has 0 bridgehead atoms. The molecule has 0 spiro atoms. The lowest BCUT2D eigenvalue weighted by atomic mass is 9.86. The van der Waals surface area contributed by atoms with Gasteiger partial charge < -0.3 is 0 Å². The Morgan fingerprint density at radius 2 is 0.600 bits per heavy atom. The van der Waals surface area contributed by atoms with Crippen LogP contribution in [-0.2, 0) is 0 Å². The van der Waals surface area contributed by atoms with Gasteiger partial charge in [-0.3, -0.25) is 0 Å². The minimum Gasteiger partial charge on any atom is -0.0605 e. The van der Waals surface area contributed by atoms with Crippen LogP contribution in [0, 0.1) is 0 Å². The molecule has 30 heavy (non-hydrogen) atoms. The van der Waals surface area contributed by atoms with Crippen molar-refractivity contribution in [3.05, 3.63) is 137 Å². The van der Waals surface area contributed by atoms with Crippen LogP contribution in [0.4, 0.5) is 0 Å². The number of rotatable bonds is 4. The van der Waals surface area contributed by atoms with Crippen molar-refractivity contribution in [3.63, 3.8) is 0 Å². The molecule has 0 radical (unpaired) electrons. The second kappa shape index (κ2) is 9.78. The molecule has 4 rings (SSSR count). The van der Waals surface area contributed by atoms with E-state index in [1.54, 1.807) is 0 Å². The SMILES string of the molecule is Brc1cccc(C(=C(c2cccc(Br)c2)c2cccc(Br)c2)c2cccc(Br)c2)c1. The minimum atomic E-state index is 1.05. The van der Waals surface area contributed by atoms with E-state index in [-0.39, 0.29) is 0 Å². The first-order valence-corrected chi connectivity index (χ1v) is 12.5. The summed E-state index contributed by atoms with van der Waals surface area (Å²) in [6, 6.07) is 33.9. The monoisotopic (exact) mass is 644 g/mol. The van der Waals surface area contributed by atoms with Crippen molar-refractivity contribution in [3.8, 4) is 0 Å². The van der Waals surface area contributed by atoms with Gasteiger partial charge in [-0.1, -0.05) is 112 Å². The van der Waals surface area contributed by atoms with E-state index in [1.165, 1.54) is 11.1 Å². The van der Waals surface area contributed by atoms with E-state index < -0.39 is 0 Å². The summed E-state index contributed by atoms with van der Waals surface area (Å²) in [7, 11) is 0. The third kappa shape index (κ3) is 5.05. The summed E-state index contributed by atoms with van der Waals surface area (Å²) >= 11 is 14.6. The Balaban J connectivity index is 2.15. The van der Waals surface area contributed by atoms with Crippen LogP contribution in [-0.4, -0.2) is 0 Å². The van der Waals surface area contributed by atoms with E-state index in [2.05, 4.69) is 161 Å². The Morgan fingerprint density at radius 3 is 0.800 bits per heavy atom. The standard InChI is InChI=1S/C26H16Br4/c27-21-9-1-5-17(13-21)25(18-6-2-10-22(28)14-18)26(19-7-3-11-23(29)15-19)20-8-4-12-24(30)16-20/h1-16H. The second-order valence-electron chi connectivity index (χ2n) is 6.79. The van der Waals surface area contributed by atoms with Gasteiger partial charge >= 0.3 is 0 Å². The molecular formula is C26H16Br4. The van der Waals surface area contributed by atoms with E-state index in [4.69, 9.17) is 0 Å². The number of hydrogen-bond acceptors (Lipinski definition) is 0. The maximum absolute atomic E-state index is 3.66. The quantitative estimate of drug-likeness (QED) is 0.194. The highest BCUT2D eigenvalue weighted by atomic mass is 79.9. The molecule has 0 heterocycles. The van der Waals surface area contributed by atoms with Crippen molar-refractivity contribution in [2.24, 2.45) is 0 Å². The first-order valence-electron chi connectivity index (χ1n) is 9.29. The van der Waals surface area contributed by atoms with Gasteiger partial charge in [0.25, 0.3) is 0 Å². The maximum Gasteiger partial charge on any atom is 0.0181 e. The Morgan fingerprint density at radius 1 is 0.367 bits per heavy atom. The highest BCUT2D eigenvalue weighted by Crippen LogP contribution is 2.39. The van der Waals surface area contributed by atoms with Gasteiger partial charge in [0.2, 0.25) is 0 Å². The Kier molecular flexibility index (Phi) is 7.09. The fourth-order valence-electron chi connectivity index (χ4n) is 3.49. The Bertz CT molecular complexity index is 1050. The zero-order valence-corrected chi connectivity index (χ0v) is 22.1. The first kappa shape index (κ1) is 21.8. The lowest BCUT2D eigenvalue weighted by molar-refractivity contribution is 1.47. The van der Waals surface area contributed by atoms with Gasteiger partial charge in [0.15, 0.2) is 0 Å². The van der Waals surface area contributed by atoms with Crippen LogP contribution in [0.5, 0.6) is 0 Å². The summed E-state index contributed by atoms with van der Waals surface area (Å²) in [4.78, 5) is 0. The number of benzene rings is 4. The molecule has 0 aliphatic carbocycles. The van der Waals surface area contributed by atoms with Gasteiger partial charge in [-0.2, -0.15) is 0 Å². The van der Waals surface area contributed by atoms with Crippen LogP contribution in [0.25, 0.3) is 11.1 Å². The zero-order valence-electron chi connectivity index (χ0n) is 15.7. The predicted molar refractivity (Wildman–Crippen MR) is 142 cm³/mol. The highest BCUT2D eigenvalue weighted by molar-refractivity contribution is 9.11. The first-order chi connectivity index (χ1) is 14.5. The summed E-state index contributed by atoms with van der Waals surface area (Å²) in [5.41, 5.74) is 6.95. The molecule has 148 valence electrons. The van der Waals surface area contributed by atoms with E-state index in [9.17, 15) is 0 Å². The van der Waals surface area contributed by atoms with Crippen LogP contribution in [0.15, 0.2) is 115 Å². The van der Waals surface area contributed by atoms with Crippen molar-refractivity contribution in [1.29, 1.82) is 0 Å². The number of halogens is 4. The summed E-state index contributed by atoms with van der Waals surface area (Å²) in [6.45, 7) is 0. The van der Waals surface area contributed by atoms with Gasteiger partial charge in [0.1, 0.15) is 0 Å². The maximum atomic E-state index is 3.66. The Labute approximate surface area is 210 Å². The predicted octanol–water partition coefficient (Wildman–Crippen LogP) is 9.74. The van der Waals surface area contributed by atoms with Gasteiger partial charge in [-0.25, -0.2) is 0 Å². The average Bonchev–Trinajstić information content (AvgIpc) is 2.72. The zero-order chi connectivity index (χ0) is 21.1. The van der Waals surface area contributed by atoms with Crippen LogP contribution in [0.3, 0.4) is 0 Å².